The van der Waals surface area contributed by atoms with Crippen molar-refractivity contribution in [1.82, 2.24) is 0 Å². The van der Waals surface area contributed by atoms with Crippen LogP contribution in [0.25, 0.3) is 33.7 Å². The molecule has 0 unspecified atom stereocenters. The van der Waals surface area contributed by atoms with Crippen LogP contribution in [0.15, 0.2) is 42.5 Å². The molecule has 0 saturated carbocycles. The molecule has 0 amide bonds. The summed E-state index contributed by atoms with van der Waals surface area (Å²) in [5, 5.41) is 4.46. The van der Waals surface area contributed by atoms with Crippen molar-refractivity contribution in [2.75, 3.05) is 0 Å². The Morgan fingerprint density at radius 2 is 1.56 bits per heavy atom. The minimum atomic E-state index is 0.801. The van der Waals surface area contributed by atoms with Crippen molar-refractivity contribution in [2.45, 2.75) is 0 Å². The molecule has 0 saturated heterocycles. The van der Waals surface area contributed by atoms with Crippen LogP contribution in [0.5, 0.6) is 0 Å². The lowest BCUT2D eigenvalue weighted by Gasteiger charge is -2.10. The van der Waals surface area contributed by atoms with Crippen molar-refractivity contribution in [3.63, 3.8) is 0 Å². The Hall–Kier alpha value is -2.41. The highest BCUT2D eigenvalue weighted by atomic mass is 16.1. The average Bonchev–Trinajstić information content (AvgIpc) is 2.85. The first-order chi connectivity index (χ1) is 8.90. The average molecular weight is 230 g/mol. The van der Waals surface area contributed by atoms with E-state index in [1.165, 1.54) is 16.5 Å². The number of hydrogen-bond acceptors (Lipinski definition) is 1. The lowest BCUT2D eigenvalue weighted by Crippen LogP contribution is -1.90. The van der Waals surface area contributed by atoms with Crippen molar-refractivity contribution in [3.8, 4) is 0 Å². The Bertz CT molecular complexity index is 826. The van der Waals surface area contributed by atoms with Gasteiger partial charge in [0.2, 0.25) is 0 Å². The summed E-state index contributed by atoms with van der Waals surface area (Å²) in [7, 11) is 0. The molecule has 0 heterocycles. The number of carbonyl (C=O) groups is 1. The molecule has 3 aromatic rings. The summed E-state index contributed by atoms with van der Waals surface area (Å²) in [6.45, 7) is 0. The van der Waals surface area contributed by atoms with Gasteiger partial charge in [-0.15, -0.1) is 0 Å². The summed E-state index contributed by atoms with van der Waals surface area (Å²) in [6.07, 6.45) is 5.25. The molecule has 84 valence electrons. The number of benzene rings is 3. The van der Waals surface area contributed by atoms with Gasteiger partial charge in [0.25, 0.3) is 0 Å². The second-order valence-corrected chi connectivity index (χ2v) is 4.59. The van der Waals surface area contributed by atoms with E-state index in [1.54, 1.807) is 0 Å². The van der Waals surface area contributed by atoms with Gasteiger partial charge < -0.3 is 0 Å². The third-order valence-electron chi connectivity index (χ3n) is 3.71. The van der Waals surface area contributed by atoms with Crippen LogP contribution in [0.2, 0.25) is 0 Å². The van der Waals surface area contributed by atoms with E-state index >= 15 is 0 Å². The molecule has 1 heteroatoms. The summed E-state index contributed by atoms with van der Waals surface area (Å²) in [5.74, 6) is 0. The lowest BCUT2D eigenvalue weighted by molar-refractivity contribution is 0.112. The first-order valence-electron chi connectivity index (χ1n) is 6.01. The van der Waals surface area contributed by atoms with Gasteiger partial charge in [-0.3, -0.25) is 4.79 Å². The number of fused-ring (bicyclic) bond motifs is 2. The van der Waals surface area contributed by atoms with Crippen molar-refractivity contribution in [1.29, 1.82) is 0 Å². The number of carbonyl (C=O) groups excluding carboxylic acids is 1. The predicted molar refractivity (Wildman–Crippen MR) is 75.8 cm³/mol. The summed E-state index contributed by atoms with van der Waals surface area (Å²) in [6, 6.07) is 14.3. The molecule has 0 bridgehead atoms. The van der Waals surface area contributed by atoms with E-state index in [0.29, 0.717) is 0 Å². The maximum atomic E-state index is 11.5. The third-order valence-corrected chi connectivity index (χ3v) is 3.71. The van der Waals surface area contributed by atoms with Crippen LogP contribution in [0.4, 0.5) is 0 Å². The van der Waals surface area contributed by atoms with Gasteiger partial charge in [-0.2, -0.15) is 0 Å². The van der Waals surface area contributed by atoms with Gasteiger partial charge in [0.15, 0.2) is 6.29 Å². The van der Waals surface area contributed by atoms with Gasteiger partial charge >= 0.3 is 0 Å². The van der Waals surface area contributed by atoms with Gasteiger partial charge in [-0.05, 0) is 32.7 Å². The highest BCUT2D eigenvalue weighted by molar-refractivity contribution is 6.21. The molecular formula is C17H10O. The molecule has 4 rings (SSSR count). The minimum Gasteiger partial charge on any atom is -0.298 e. The maximum Gasteiger partial charge on any atom is 0.151 e. The highest BCUT2D eigenvalue weighted by Gasteiger charge is 2.16. The van der Waals surface area contributed by atoms with Gasteiger partial charge in [-0.25, -0.2) is 0 Å². The molecule has 1 aliphatic rings. The Labute approximate surface area is 104 Å². The quantitative estimate of drug-likeness (QED) is 0.352. The molecular weight excluding hydrogens is 220 g/mol. The SMILES string of the molecule is O=Cc1c2ccccc2c2c3c(cccc13)C=C2. The minimum absolute atomic E-state index is 0.801. The standard InChI is InChI=1S/C17H10O/c18-10-16-13-6-2-1-5-12(13)15-9-8-11-4-3-7-14(16)17(11)15/h1-10H. The fourth-order valence-electron chi connectivity index (χ4n) is 2.94. The van der Waals surface area contributed by atoms with Crippen molar-refractivity contribution < 1.29 is 4.79 Å². The third kappa shape index (κ3) is 1.04. The zero-order valence-corrected chi connectivity index (χ0v) is 9.68. The predicted octanol–water partition coefficient (Wildman–Crippen LogP) is 4.29. The number of aldehydes is 1. The van der Waals surface area contributed by atoms with Gasteiger partial charge in [-0.1, -0.05) is 54.6 Å². The van der Waals surface area contributed by atoms with E-state index in [1.807, 2.05) is 30.3 Å². The van der Waals surface area contributed by atoms with Crippen molar-refractivity contribution in [2.24, 2.45) is 0 Å². The van der Waals surface area contributed by atoms with Crippen molar-refractivity contribution in [3.05, 3.63) is 59.2 Å². The number of hydrogen-bond donors (Lipinski definition) is 0. The van der Waals surface area contributed by atoms with Crippen molar-refractivity contribution >= 4 is 40.0 Å². The molecule has 0 spiro atoms. The fourth-order valence-corrected chi connectivity index (χ4v) is 2.94. The molecule has 18 heavy (non-hydrogen) atoms. The molecule has 3 aromatic carbocycles. The Morgan fingerprint density at radius 3 is 2.39 bits per heavy atom. The van der Waals surface area contributed by atoms with Crippen LogP contribution in [0.1, 0.15) is 21.5 Å². The van der Waals surface area contributed by atoms with E-state index in [9.17, 15) is 4.79 Å². The van der Waals surface area contributed by atoms with E-state index < -0.39 is 0 Å². The van der Waals surface area contributed by atoms with E-state index in [0.717, 1.165) is 28.0 Å². The summed E-state index contributed by atoms with van der Waals surface area (Å²) < 4.78 is 0. The second-order valence-electron chi connectivity index (χ2n) is 4.59. The second kappa shape index (κ2) is 3.30. The normalized spacial score (nSPS) is 12.4. The van der Waals surface area contributed by atoms with Crippen LogP contribution >= 0.6 is 0 Å². The molecule has 0 atom stereocenters. The summed E-state index contributed by atoms with van der Waals surface area (Å²) in [4.78, 5) is 11.5. The molecule has 0 fully saturated rings. The van der Waals surface area contributed by atoms with Gasteiger partial charge in [0, 0.05) is 5.56 Å². The van der Waals surface area contributed by atoms with Crippen LogP contribution in [-0.2, 0) is 0 Å². The zero-order valence-electron chi connectivity index (χ0n) is 9.68. The zero-order chi connectivity index (χ0) is 12.1. The van der Waals surface area contributed by atoms with Crippen LogP contribution < -0.4 is 0 Å². The lowest BCUT2D eigenvalue weighted by atomic mass is 9.93. The Morgan fingerprint density at radius 1 is 0.778 bits per heavy atom. The Balaban J connectivity index is 2.41. The largest absolute Gasteiger partial charge is 0.298 e. The summed E-state index contributed by atoms with van der Waals surface area (Å²) in [5.41, 5.74) is 3.24. The fraction of sp³-hybridized carbons (Fsp3) is 0. The monoisotopic (exact) mass is 230 g/mol. The topological polar surface area (TPSA) is 17.1 Å². The van der Waals surface area contributed by atoms with E-state index in [2.05, 4.69) is 24.3 Å². The molecule has 0 aliphatic heterocycles. The molecule has 1 nitrogen and oxygen atoms in total. The summed E-state index contributed by atoms with van der Waals surface area (Å²) >= 11 is 0. The first kappa shape index (κ1) is 9.60. The molecule has 0 radical (unpaired) electrons. The van der Waals surface area contributed by atoms with Crippen LogP contribution in [0.3, 0.4) is 0 Å². The van der Waals surface area contributed by atoms with Crippen LogP contribution in [0, 0.1) is 0 Å². The highest BCUT2D eigenvalue weighted by Crippen LogP contribution is 2.38. The van der Waals surface area contributed by atoms with Gasteiger partial charge in [0.05, 0.1) is 0 Å². The molecule has 0 aromatic heterocycles. The smallest absolute Gasteiger partial charge is 0.151 e. The Kier molecular flexibility index (Phi) is 1.76. The maximum absolute atomic E-state index is 11.5. The van der Waals surface area contributed by atoms with Gasteiger partial charge in [0.1, 0.15) is 0 Å². The first-order valence-corrected chi connectivity index (χ1v) is 6.01. The number of rotatable bonds is 1. The van der Waals surface area contributed by atoms with E-state index in [4.69, 9.17) is 0 Å². The van der Waals surface area contributed by atoms with Crippen LogP contribution in [-0.4, -0.2) is 6.29 Å². The molecule has 0 N–H and O–H groups in total. The molecule has 1 aliphatic carbocycles. The van der Waals surface area contributed by atoms with E-state index in [-0.39, 0.29) is 0 Å².